The zero-order valence-electron chi connectivity index (χ0n) is 18.5. The molecule has 0 saturated carbocycles. The molecule has 0 aromatic heterocycles. The fraction of sp³-hybridized carbons (Fsp3) is 0.192. The molecule has 0 unspecified atom stereocenters. The quantitative estimate of drug-likeness (QED) is 0.311. The average Bonchev–Trinajstić information content (AvgIpc) is 2.75. The Hall–Kier alpha value is -3.93. The predicted molar refractivity (Wildman–Crippen MR) is 122 cm³/mol. The fourth-order valence-corrected chi connectivity index (χ4v) is 2.55. The van der Waals surface area contributed by atoms with Crippen molar-refractivity contribution >= 4 is 17.9 Å². The van der Waals surface area contributed by atoms with Crippen molar-refractivity contribution in [3.8, 4) is 16.9 Å². The zero-order chi connectivity index (χ0) is 23.8. The fourth-order valence-electron chi connectivity index (χ4n) is 2.55. The SMILES string of the molecule is C=C(C)C(=O)OCc1cc(COC(=O)C(=C)C)cc(-c2ccc(OC(=O)C(=C)C)cc2)c1. The molecule has 0 saturated heterocycles. The van der Waals surface area contributed by atoms with E-state index in [4.69, 9.17) is 14.2 Å². The van der Waals surface area contributed by atoms with Gasteiger partial charge in [0.05, 0.1) is 0 Å². The molecule has 6 heteroatoms. The van der Waals surface area contributed by atoms with E-state index < -0.39 is 17.9 Å². The monoisotopic (exact) mass is 434 g/mol. The molecule has 2 rings (SSSR count). The highest BCUT2D eigenvalue weighted by Crippen LogP contribution is 2.26. The van der Waals surface area contributed by atoms with Gasteiger partial charge in [-0.3, -0.25) is 0 Å². The van der Waals surface area contributed by atoms with Crippen LogP contribution in [0.5, 0.6) is 5.75 Å². The minimum absolute atomic E-state index is 0.0370. The first kappa shape index (κ1) is 24.3. The minimum atomic E-state index is -0.499. The third-order valence-electron chi connectivity index (χ3n) is 4.24. The molecule has 0 aliphatic rings. The van der Waals surface area contributed by atoms with Crippen molar-refractivity contribution in [3.63, 3.8) is 0 Å². The summed E-state index contributed by atoms with van der Waals surface area (Å²) < 4.78 is 15.7. The van der Waals surface area contributed by atoms with Gasteiger partial charge in [0.1, 0.15) is 19.0 Å². The molecule has 2 aromatic rings. The van der Waals surface area contributed by atoms with Crippen molar-refractivity contribution in [3.05, 3.63) is 90.0 Å². The van der Waals surface area contributed by atoms with E-state index in [-0.39, 0.29) is 13.2 Å². The van der Waals surface area contributed by atoms with E-state index in [1.54, 1.807) is 51.1 Å². The molecular weight excluding hydrogens is 408 g/mol. The maximum Gasteiger partial charge on any atom is 0.338 e. The summed E-state index contributed by atoms with van der Waals surface area (Å²) in [7, 11) is 0. The van der Waals surface area contributed by atoms with Gasteiger partial charge in [0.25, 0.3) is 0 Å². The molecule has 0 N–H and O–H groups in total. The lowest BCUT2D eigenvalue weighted by Crippen LogP contribution is -2.08. The average molecular weight is 434 g/mol. The summed E-state index contributed by atoms with van der Waals surface area (Å²) in [5.74, 6) is -1.09. The van der Waals surface area contributed by atoms with E-state index in [9.17, 15) is 14.4 Å². The highest BCUT2D eigenvalue weighted by molar-refractivity contribution is 5.89. The molecule has 0 bridgehead atoms. The van der Waals surface area contributed by atoms with Gasteiger partial charge in [0.2, 0.25) is 0 Å². The summed E-state index contributed by atoms with van der Waals surface area (Å²) >= 11 is 0. The van der Waals surface area contributed by atoms with Crippen LogP contribution in [0.3, 0.4) is 0 Å². The van der Waals surface area contributed by atoms with Crippen LogP contribution in [0.4, 0.5) is 0 Å². The molecule has 0 aliphatic heterocycles. The molecule has 0 spiro atoms. The number of ether oxygens (including phenoxy) is 3. The summed E-state index contributed by atoms with van der Waals surface area (Å²) in [4.78, 5) is 35.2. The lowest BCUT2D eigenvalue weighted by Gasteiger charge is -2.12. The number of hydrogen-bond donors (Lipinski definition) is 0. The first-order valence-electron chi connectivity index (χ1n) is 9.83. The van der Waals surface area contributed by atoms with Gasteiger partial charge >= 0.3 is 17.9 Å². The second kappa shape index (κ2) is 10.9. The lowest BCUT2D eigenvalue weighted by molar-refractivity contribution is -0.140. The van der Waals surface area contributed by atoms with Crippen molar-refractivity contribution in [2.24, 2.45) is 0 Å². The largest absolute Gasteiger partial charge is 0.457 e. The van der Waals surface area contributed by atoms with Crippen LogP contribution in [-0.2, 0) is 37.1 Å². The third-order valence-corrected chi connectivity index (χ3v) is 4.24. The predicted octanol–water partition coefficient (Wildman–Crippen LogP) is 5.07. The van der Waals surface area contributed by atoms with Gasteiger partial charge in [-0.2, -0.15) is 0 Å². The molecule has 0 fully saturated rings. The Kier molecular flexibility index (Phi) is 8.30. The molecule has 0 atom stereocenters. The summed E-state index contributed by atoms with van der Waals surface area (Å²) in [6.45, 7) is 15.5. The van der Waals surface area contributed by atoms with Gasteiger partial charge in [0, 0.05) is 16.7 Å². The van der Waals surface area contributed by atoms with Gasteiger partial charge in [-0.05, 0) is 73.4 Å². The summed E-state index contributed by atoms with van der Waals surface area (Å²) in [6.07, 6.45) is 0. The van der Waals surface area contributed by atoms with Crippen LogP contribution in [0.25, 0.3) is 11.1 Å². The number of hydrogen-bond acceptors (Lipinski definition) is 6. The molecule has 0 heterocycles. The standard InChI is InChI=1S/C26H26O6/c1-16(2)24(27)30-14-19-11-20(15-31-25(28)17(3)4)13-22(12-19)21-7-9-23(10-8-21)32-26(29)18(5)6/h7-13H,1,3,5,14-15H2,2,4,6H3. The summed E-state index contributed by atoms with van der Waals surface area (Å²) in [5.41, 5.74) is 3.99. The highest BCUT2D eigenvalue weighted by atomic mass is 16.5. The van der Waals surface area contributed by atoms with Gasteiger partial charge < -0.3 is 14.2 Å². The summed E-state index contributed by atoms with van der Waals surface area (Å²) in [6, 6.07) is 12.5. The Morgan fingerprint density at radius 1 is 0.656 bits per heavy atom. The van der Waals surface area contributed by atoms with E-state index in [1.165, 1.54) is 0 Å². The number of benzene rings is 2. The van der Waals surface area contributed by atoms with Crippen molar-refractivity contribution in [2.75, 3.05) is 0 Å². The Bertz CT molecular complexity index is 1030. The van der Waals surface area contributed by atoms with Crippen molar-refractivity contribution in [1.29, 1.82) is 0 Å². The van der Waals surface area contributed by atoms with Crippen LogP contribution in [0.1, 0.15) is 31.9 Å². The molecule has 2 aromatic carbocycles. The molecule has 166 valence electrons. The summed E-state index contributed by atoms with van der Waals surface area (Å²) in [5, 5.41) is 0. The van der Waals surface area contributed by atoms with Crippen molar-refractivity contribution in [2.45, 2.75) is 34.0 Å². The molecule has 6 nitrogen and oxygen atoms in total. The Labute approximate surface area is 187 Å². The number of carbonyl (C=O) groups excluding carboxylic acids is 3. The van der Waals surface area contributed by atoms with Crippen molar-refractivity contribution < 1.29 is 28.6 Å². The Balaban J connectivity index is 2.30. The molecular formula is C26H26O6. The lowest BCUT2D eigenvalue weighted by atomic mass is 10.00. The molecule has 32 heavy (non-hydrogen) atoms. The zero-order valence-corrected chi connectivity index (χ0v) is 18.5. The number of rotatable bonds is 9. The van der Waals surface area contributed by atoms with Crippen molar-refractivity contribution in [1.82, 2.24) is 0 Å². The van der Waals surface area contributed by atoms with Gasteiger partial charge in [-0.25, -0.2) is 14.4 Å². The van der Waals surface area contributed by atoms with E-state index in [1.807, 2.05) is 12.1 Å². The Morgan fingerprint density at radius 3 is 1.50 bits per heavy atom. The number of carbonyl (C=O) groups is 3. The smallest absolute Gasteiger partial charge is 0.338 e. The van der Waals surface area contributed by atoms with Crippen LogP contribution in [0, 0.1) is 0 Å². The van der Waals surface area contributed by atoms with Gasteiger partial charge in [-0.15, -0.1) is 0 Å². The van der Waals surface area contributed by atoms with E-state index in [0.29, 0.717) is 22.5 Å². The van der Waals surface area contributed by atoms with Crippen LogP contribution >= 0.6 is 0 Å². The van der Waals surface area contributed by atoms with E-state index in [2.05, 4.69) is 19.7 Å². The maximum absolute atomic E-state index is 11.8. The maximum atomic E-state index is 11.8. The van der Waals surface area contributed by atoms with Gasteiger partial charge in [0.15, 0.2) is 0 Å². The topological polar surface area (TPSA) is 78.9 Å². The highest BCUT2D eigenvalue weighted by Gasteiger charge is 2.11. The minimum Gasteiger partial charge on any atom is -0.457 e. The third kappa shape index (κ3) is 7.09. The normalized spacial score (nSPS) is 10.1. The van der Waals surface area contributed by atoms with Crippen LogP contribution < -0.4 is 4.74 Å². The van der Waals surface area contributed by atoms with E-state index in [0.717, 1.165) is 22.3 Å². The molecule has 0 radical (unpaired) electrons. The molecule has 0 aliphatic carbocycles. The van der Waals surface area contributed by atoms with E-state index >= 15 is 0 Å². The van der Waals surface area contributed by atoms with Crippen LogP contribution in [0.15, 0.2) is 78.9 Å². The first-order valence-corrected chi connectivity index (χ1v) is 9.83. The Morgan fingerprint density at radius 2 is 1.09 bits per heavy atom. The first-order chi connectivity index (χ1) is 15.1. The van der Waals surface area contributed by atoms with Crippen LogP contribution in [0.2, 0.25) is 0 Å². The second-order valence-corrected chi connectivity index (χ2v) is 7.45. The van der Waals surface area contributed by atoms with Gasteiger partial charge in [-0.1, -0.05) is 31.9 Å². The van der Waals surface area contributed by atoms with Crippen LogP contribution in [-0.4, -0.2) is 17.9 Å². The second-order valence-electron chi connectivity index (χ2n) is 7.45. The number of esters is 3. The molecule has 0 amide bonds.